The van der Waals surface area contributed by atoms with Crippen molar-refractivity contribution in [1.82, 2.24) is 0 Å². The van der Waals surface area contributed by atoms with E-state index in [1.54, 1.807) is 24.3 Å². The van der Waals surface area contributed by atoms with E-state index < -0.39 is 5.91 Å². The molecule has 0 fully saturated rings. The zero-order valence-corrected chi connectivity index (χ0v) is 12.8. The molecule has 0 unspecified atom stereocenters. The van der Waals surface area contributed by atoms with Crippen LogP contribution in [0.5, 0.6) is 0 Å². The second kappa shape index (κ2) is 7.63. The van der Waals surface area contributed by atoms with E-state index in [1.807, 2.05) is 6.21 Å². The summed E-state index contributed by atoms with van der Waals surface area (Å²) in [7, 11) is 0. The highest BCUT2D eigenvalue weighted by Crippen LogP contribution is 2.18. The highest BCUT2D eigenvalue weighted by atomic mass is 16.1. The van der Waals surface area contributed by atoms with Crippen LogP contribution >= 0.6 is 0 Å². The van der Waals surface area contributed by atoms with Gasteiger partial charge in [0.15, 0.2) is 0 Å². The first-order chi connectivity index (χ1) is 9.40. The van der Waals surface area contributed by atoms with Crippen molar-refractivity contribution in [3.05, 3.63) is 41.5 Å². The maximum absolute atomic E-state index is 11.0. The minimum absolute atomic E-state index is 0.412. The van der Waals surface area contributed by atoms with Crippen LogP contribution in [0.3, 0.4) is 0 Å². The molecular weight excluding hydrogens is 248 g/mol. The molecule has 1 amide bonds. The molecule has 2 atom stereocenters. The van der Waals surface area contributed by atoms with Crippen LogP contribution in [0.2, 0.25) is 0 Å². The SMILES string of the molecule is CC(C)=C[C@H](C)[C@H](C)CC=Nc1ccc(C(N)=O)cc1. The van der Waals surface area contributed by atoms with Gasteiger partial charge in [-0.15, -0.1) is 0 Å². The number of nitrogens with zero attached hydrogens (tertiary/aromatic N) is 1. The minimum atomic E-state index is -0.412. The van der Waals surface area contributed by atoms with Crippen LogP contribution in [-0.4, -0.2) is 12.1 Å². The van der Waals surface area contributed by atoms with Gasteiger partial charge in [0, 0.05) is 11.8 Å². The second-order valence-corrected chi connectivity index (χ2v) is 5.54. The van der Waals surface area contributed by atoms with Crippen molar-refractivity contribution in [3.63, 3.8) is 0 Å². The first-order valence-electron chi connectivity index (χ1n) is 6.97. The maximum atomic E-state index is 11.0. The highest BCUT2D eigenvalue weighted by molar-refractivity contribution is 5.93. The Morgan fingerprint density at radius 3 is 2.35 bits per heavy atom. The number of allylic oxidation sites excluding steroid dienone is 2. The summed E-state index contributed by atoms with van der Waals surface area (Å²) in [6, 6.07) is 7.01. The molecule has 0 aromatic heterocycles. The van der Waals surface area contributed by atoms with Crippen LogP contribution in [0.1, 0.15) is 44.5 Å². The van der Waals surface area contributed by atoms with Crippen LogP contribution in [0.4, 0.5) is 5.69 Å². The Bertz CT molecular complexity index is 496. The van der Waals surface area contributed by atoms with Gasteiger partial charge in [-0.25, -0.2) is 0 Å². The number of hydrogen-bond donors (Lipinski definition) is 1. The molecule has 3 heteroatoms. The number of amides is 1. The van der Waals surface area contributed by atoms with Crippen LogP contribution in [0, 0.1) is 11.8 Å². The molecule has 3 nitrogen and oxygen atoms in total. The molecule has 0 saturated carbocycles. The average molecular weight is 272 g/mol. The summed E-state index contributed by atoms with van der Waals surface area (Å²) in [6.45, 7) is 8.70. The van der Waals surface area contributed by atoms with Gasteiger partial charge in [-0.1, -0.05) is 25.5 Å². The molecule has 1 rings (SSSR count). The average Bonchev–Trinajstić information content (AvgIpc) is 2.38. The van der Waals surface area contributed by atoms with E-state index in [-0.39, 0.29) is 0 Å². The van der Waals surface area contributed by atoms with Crippen molar-refractivity contribution in [2.75, 3.05) is 0 Å². The monoisotopic (exact) mass is 272 g/mol. The number of benzene rings is 1. The van der Waals surface area contributed by atoms with Crippen molar-refractivity contribution in [1.29, 1.82) is 0 Å². The lowest BCUT2D eigenvalue weighted by Gasteiger charge is -2.14. The van der Waals surface area contributed by atoms with E-state index >= 15 is 0 Å². The molecular formula is C17H24N2O. The molecule has 2 N–H and O–H groups in total. The third kappa shape index (κ3) is 5.39. The summed E-state index contributed by atoms with van der Waals surface area (Å²) < 4.78 is 0. The quantitative estimate of drug-likeness (QED) is 0.614. The van der Waals surface area contributed by atoms with Crippen LogP contribution in [-0.2, 0) is 0 Å². The molecule has 0 heterocycles. The molecule has 0 aliphatic rings. The summed E-state index contributed by atoms with van der Waals surface area (Å²) in [5.41, 5.74) is 7.90. The Kier molecular flexibility index (Phi) is 6.16. The largest absolute Gasteiger partial charge is 0.366 e. The number of carbonyl (C=O) groups excluding carboxylic acids is 1. The van der Waals surface area contributed by atoms with E-state index in [0.717, 1.165) is 12.1 Å². The van der Waals surface area contributed by atoms with Crippen LogP contribution in [0.25, 0.3) is 0 Å². The molecule has 0 saturated heterocycles. The predicted octanol–water partition coefficient (Wildman–Crippen LogP) is 4.12. The van der Waals surface area contributed by atoms with Gasteiger partial charge in [0.25, 0.3) is 0 Å². The van der Waals surface area contributed by atoms with Crippen molar-refractivity contribution >= 4 is 17.8 Å². The van der Waals surface area contributed by atoms with Crippen LogP contribution in [0.15, 0.2) is 40.9 Å². The topological polar surface area (TPSA) is 55.4 Å². The Labute approximate surface area is 121 Å². The molecule has 1 aromatic rings. The number of rotatable bonds is 6. The Morgan fingerprint density at radius 1 is 1.25 bits per heavy atom. The van der Waals surface area contributed by atoms with Crippen molar-refractivity contribution in [2.24, 2.45) is 22.6 Å². The third-order valence-electron chi connectivity index (χ3n) is 3.36. The summed E-state index contributed by atoms with van der Waals surface area (Å²) in [6.07, 6.45) is 5.17. The fraction of sp³-hybridized carbons (Fsp3) is 0.412. The molecule has 108 valence electrons. The molecule has 0 radical (unpaired) electrons. The van der Waals surface area contributed by atoms with Crippen molar-refractivity contribution < 1.29 is 4.79 Å². The molecule has 0 spiro atoms. The van der Waals surface area contributed by atoms with Gasteiger partial charge in [-0.3, -0.25) is 9.79 Å². The van der Waals surface area contributed by atoms with Gasteiger partial charge in [0.2, 0.25) is 5.91 Å². The second-order valence-electron chi connectivity index (χ2n) is 5.54. The normalized spacial score (nSPS) is 14.0. The lowest BCUT2D eigenvalue weighted by atomic mass is 9.92. The van der Waals surface area contributed by atoms with E-state index in [2.05, 4.69) is 38.8 Å². The van der Waals surface area contributed by atoms with Crippen molar-refractivity contribution in [2.45, 2.75) is 34.1 Å². The van der Waals surface area contributed by atoms with E-state index in [1.165, 1.54) is 5.57 Å². The fourth-order valence-electron chi connectivity index (χ4n) is 1.94. The van der Waals surface area contributed by atoms with Gasteiger partial charge in [0.1, 0.15) is 0 Å². The number of carbonyl (C=O) groups is 1. The minimum Gasteiger partial charge on any atom is -0.366 e. The third-order valence-corrected chi connectivity index (χ3v) is 3.36. The zero-order valence-electron chi connectivity index (χ0n) is 12.8. The molecule has 0 bridgehead atoms. The summed E-state index contributed by atoms with van der Waals surface area (Å²) in [5.74, 6) is 0.687. The van der Waals surface area contributed by atoms with E-state index in [0.29, 0.717) is 17.4 Å². The fourth-order valence-corrected chi connectivity index (χ4v) is 1.94. The Balaban J connectivity index is 2.56. The van der Waals surface area contributed by atoms with E-state index in [4.69, 9.17) is 5.73 Å². The standard InChI is InChI=1S/C17H24N2O/c1-12(2)11-14(4)13(3)9-10-19-16-7-5-15(6-8-16)17(18)20/h5-8,10-11,13-14H,9H2,1-4H3,(H2,18,20)/t13-,14+/m1/s1. The van der Waals surface area contributed by atoms with Gasteiger partial charge < -0.3 is 5.73 Å². The Hall–Kier alpha value is -1.90. The highest BCUT2D eigenvalue weighted by Gasteiger charge is 2.07. The molecule has 0 aliphatic heterocycles. The Morgan fingerprint density at radius 2 is 1.85 bits per heavy atom. The summed E-state index contributed by atoms with van der Waals surface area (Å²) >= 11 is 0. The first kappa shape index (κ1) is 16.2. The smallest absolute Gasteiger partial charge is 0.248 e. The summed E-state index contributed by atoms with van der Waals surface area (Å²) in [4.78, 5) is 15.4. The number of aliphatic imine (C=N–C) groups is 1. The molecule has 0 aliphatic carbocycles. The predicted molar refractivity (Wildman–Crippen MR) is 85.5 cm³/mol. The van der Waals surface area contributed by atoms with Crippen molar-refractivity contribution in [3.8, 4) is 0 Å². The lowest BCUT2D eigenvalue weighted by Crippen LogP contribution is -2.10. The van der Waals surface area contributed by atoms with Gasteiger partial charge in [-0.05, 0) is 56.4 Å². The van der Waals surface area contributed by atoms with E-state index in [9.17, 15) is 4.79 Å². The number of primary amides is 1. The van der Waals surface area contributed by atoms with Gasteiger partial charge in [0.05, 0.1) is 5.69 Å². The molecule has 1 aromatic carbocycles. The zero-order chi connectivity index (χ0) is 15.1. The number of nitrogens with two attached hydrogens (primary N) is 1. The van der Waals surface area contributed by atoms with Gasteiger partial charge in [-0.2, -0.15) is 0 Å². The van der Waals surface area contributed by atoms with Gasteiger partial charge >= 0.3 is 0 Å². The molecule has 20 heavy (non-hydrogen) atoms. The van der Waals surface area contributed by atoms with Crippen LogP contribution < -0.4 is 5.73 Å². The first-order valence-corrected chi connectivity index (χ1v) is 6.97. The lowest BCUT2D eigenvalue weighted by molar-refractivity contribution is 0.100. The maximum Gasteiger partial charge on any atom is 0.248 e. The number of hydrogen-bond acceptors (Lipinski definition) is 2. The summed E-state index contributed by atoms with van der Waals surface area (Å²) in [5, 5.41) is 0.